The molecule has 1 aromatic rings. The van der Waals surface area contributed by atoms with Gasteiger partial charge >= 0.3 is 0 Å². The van der Waals surface area contributed by atoms with Crippen molar-refractivity contribution in [3.05, 3.63) is 24.3 Å². The molecular weight excluding hydrogens is 342 g/mol. The molecule has 152 valence electrons. The SMILES string of the molecule is COc1ccc(N2CCN(CCCNC(=O)CCOC(C)(C)C)CC2)cc1. The van der Waals surface area contributed by atoms with E-state index < -0.39 is 0 Å². The number of piperazine rings is 1. The second kappa shape index (κ2) is 10.5. The molecule has 0 bridgehead atoms. The summed E-state index contributed by atoms with van der Waals surface area (Å²) in [5.74, 6) is 0.966. The van der Waals surface area contributed by atoms with Crippen molar-refractivity contribution in [2.75, 3.05) is 57.9 Å². The third-order valence-electron chi connectivity index (χ3n) is 4.65. The molecule has 1 aliphatic rings. The van der Waals surface area contributed by atoms with E-state index >= 15 is 0 Å². The van der Waals surface area contributed by atoms with Crippen molar-refractivity contribution in [2.45, 2.75) is 39.2 Å². The molecule has 1 saturated heterocycles. The van der Waals surface area contributed by atoms with Gasteiger partial charge in [-0.05, 0) is 58.0 Å². The van der Waals surface area contributed by atoms with Crippen molar-refractivity contribution < 1.29 is 14.3 Å². The molecule has 0 radical (unpaired) electrons. The first-order valence-corrected chi connectivity index (χ1v) is 9.89. The summed E-state index contributed by atoms with van der Waals surface area (Å²) in [5, 5.41) is 2.99. The Balaban J connectivity index is 1.56. The van der Waals surface area contributed by atoms with E-state index in [-0.39, 0.29) is 11.5 Å². The molecule has 1 amide bonds. The molecule has 27 heavy (non-hydrogen) atoms. The molecular formula is C21H35N3O3. The number of carbonyl (C=O) groups excluding carboxylic acids is 1. The topological polar surface area (TPSA) is 54.0 Å². The molecule has 1 aliphatic heterocycles. The highest BCUT2D eigenvalue weighted by molar-refractivity contribution is 5.75. The molecule has 0 aromatic heterocycles. The van der Waals surface area contributed by atoms with Crippen LogP contribution in [0, 0.1) is 0 Å². The Labute approximate surface area is 163 Å². The number of nitrogens with zero attached hydrogens (tertiary/aromatic N) is 2. The standard InChI is InChI=1S/C21H35N3O3/c1-21(2,3)27-17-10-20(25)22-11-5-12-23-13-15-24(16-14-23)18-6-8-19(26-4)9-7-18/h6-9H,5,10-17H2,1-4H3,(H,22,25). The Morgan fingerprint density at radius 2 is 1.78 bits per heavy atom. The van der Waals surface area contributed by atoms with Crippen LogP contribution in [0.1, 0.15) is 33.6 Å². The molecule has 6 heteroatoms. The number of anilines is 1. The highest BCUT2D eigenvalue weighted by Gasteiger charge is 2.17. The Morgan fingerprint density at radius 1 is 1.11 bits per heavy atom. The van der Waals surface area contributed by atoms with Crippen molar-refractivity contribution in [1.29, 1.82) is 0 Å². The number of rotatable bonds is 9. The maximum atomic E-state index is 11.8. The first kappa shape index (κ1) is 21.5. The number of amides is 1. The summed E-state index contributed by atoms with van der Waals surface area (Å²) in [7, 11) is 1.69. The van der Waals surface area contributed by atoms with Crippen LogP contribution in [-0.4, -0.2) is 69.4 Å². The lowest BCUT2D eigenvalue weighted by molar-refractivity contribution is -0.123. The van der Waals surface area contributed by atoms with E-state index in [2.05, 4.69) is 27.2 Å². The Kier molecular flexibility index (Phi) is 8.38. The Hall–Kier alpha value is -1.79. The lowest BCUT2D eigenvalue weighted by Crippen LogP contribution is -2.47. The molecule has 1 heterocycles. The van der Waals surface area contributed by atoms with Crippen LogP contribution >= 0.6 is 0 Å². The molecule has 0 spiro atoms. The third kappa shape index (κ3) is 8.18. The fourth-order valence-corrected chi connectivity index (χ4v) is 3.09. The Bertz CT molecular complexity index is 561. The zero-order valence-electron chi connectivity index (χ0n) is 17.3. The summed E-state index contributed by atoms with van der Waals surface area (Å²) in [6.07, 6.45) is 1.41. The fraction of sp³-hybridized carbons (Fsp3) is 0.667. The largest absolute Gasteiger partial charge is 0.497 e. The number of hydrogen-bond acceptors (Lipinski definition) is 5. The van der Waals surface area contributed by atoms with Gasteiger partial charge in [-0.25, -0.2) is 0 Å². The minimum absolute atomic E-state index is 0.0728. The van der Waals surface area contributed by atoms with Crippen LogP contribution in [0.5, 0.6) is 5.75 Å². The molecule has 2 rings (SSSR count). The van der Waals surface area contributed by atoms with Gasteiger partial charge < -0.3 is 19.7 Å². The molecule has 1 fully saturated rings. The second-order valence-electron chi connectivity index (χ2n) is 7.94. The fourth-order valence-electron chi connectivity index (χ4n) is 3.09. The van der Waals surface area contributed by atoms with Crippen LogP contribution in [0.3, 0.4) is 0 Å². The predicted octanol–water partition coefficient (Wildman–Crippen LogP) is 2.53. The second-order valence-corrected chi connectivity index (χ2v) is 7.94. The van der Waals surface area contributed by atoms with Crippen molar-refractivity contribution in [2.24, 2.45) is 0 Å². The van der Waals surface area contributed by atoms with Crippen LogP contribution in [-0.2, 0) is 9.53 Å². The van der Waals surface area contributed by atoms with E-state index in [4.69, 9.17) is 9.47 Å². The zero-order chi connectivity index (χ0) is 19.7. The van der Waals surface area contributed by atoms with Crippen LogP contribution in [0.2, 0.25) is 0 Å². The van der Waals surface area contributed by atoms with Gasteiger partial charge in [0.15, 0.2) is 0 Å². The van der Waals surface area contributed by atoms with Crippen molar-refractivity contribution in [3.63, 3.8) is 0 Å². The van der Waals surface area contributed by atoms with Gasteiger partial charge in [0.1, 0.15) is 5.75 Å². The third-order valence-corrected chi connectivity index (χ3v) is 4.65. The minimum atomic E-state index is -0.186. The predicted molar refractivity (Wildman–Crippen MR) is 110 cm³/mol. The van der Waals surface area contributed by atoms with E-state index in [1.807, 2.05) is 32.9 Å². The van der Waals surface area contributed by atoms with Crippen LogP contribution < -0.4 is 15.0 Å². The summed E-state index contributed by atoms with van der Waals surface area (Å²) in [4.78, 5) is 16.7. The van der Waals surface area contributed by atoms with Gasteiger partial charge in [0.2, 0.25) is 5.91 Å². The molecule has 0 aliphatic carbocycles. The quantitative estimate of drug-likeness (QED) is 0.670. The van der Waals surface area contributed by atoms with E-state index in [1.54, 1.807) is 7.11 Å². The average molecular weight is 378 g/mol. The summed E-state index contributed by atoms with van der Waals surface area (Å²) < 4.78 is 10.8. The van der Waals surface area contributed by atoms with Gasteiger partial charge in [0.25, 0.3) is 0 Å². The average Bonchev–Trinajstić information content (AvgIpc) is 2.65. The summed E-state index contributed by atoms with van der Waals surface area (Å²) in [6.45, 7) is 12.4. The monoisotopic (exact) mass is 377 g/mol. The number of ether oxygens (including phenoxy) is 2. The van der Waals surface area contributed by atoms with Gasteiger partial charge in [-0.2, -0.15) is 0 Å². The van der Waals surface area contributed by atoms with Crippen molar-refractivity contribution in [3.8, 4) is 5.75 Å². The molecule has 6 nitrogen and oxygen atoms in total. The first-order chi connectivity index (χ1) is 12.9. The van der Waals surface area contributed by atoms with Crippen LogP contribution in [0.25, 0.3) is 0 Å². The van der Waals surface area contributed by atoms with E-state index in [0.717, 1.165) is 51.4 Å². The minimum Gasteiger partial charge on any atom is -0.497 e. The van der Waals surface area contributed by atoms with E-state index in [1.165, 1.54) is 5.69 Å². The summed E-state index contributed by atoms with van der Waals surface area (Å²) in [5.41, 5.74) is 1.06. The molecule has 1 N–H and O–H groups in total. The van der Waals surface area contributed by atoms with E-state index in [9.17, 15) is 4.79 Å². The van der Waals surface area contributed by atoms with Crippen LogP contribution in [0.15, 0.2) is 24.3 Å². The molecule has 0 unspecified atom stereocenters. The van der Waals surface area contributed by atoms with Gasteiger partial charge in [-0.1, -0.05) is 0 Å². The lowest BCUT2D eigenvalue weighted by atomic mass is 10.2. The highest BCUT2D eigenvalue weighted by atomic mass is 16.5. The van der Waals surface area contributed by atoms with Gasteiger partial charge in [-0.15, -0.1) is 0 Å². The normalized spacial score (nSPS) is 15.6. The molecule has 1 aromatic carbocycles. The number of nitrogens with one attached hydrogen (secondary N) is 1. The smallest absolute Gasteiger partial charge is 0.222 e. The summed E-state index contributed by atoms with van der Waals surface area (Å²) in [6, 6.07) is 8.26. The molecule has 0 atom stereocenters. The van der Waals surface area contributed by atoms with Crippen molar-refractivity contribution in [1.82, 2.24) is 10.2 Å². The first-order valence-electron chi connectivity index (χ1n) is 9.89. The molecule has 0 saturated carbocycles. The number of hydrogen-bond donors (Lipinski definition) is 1. The maximum Gasteiger partial charge on any atom is 0.222 e. The van der Waals surface area contributed by atoms with Gasteiger partial charge in [0.05, 0.1) is 19.3 Å². The summed E-state index contributed by atoms with van der Waals surface area (Å²) >= 11 is 0. The van der Waals surface area contributed by atoms with Gasteiger partial charge in [0, 0.05) is 44.8 Å². The Morgan fingerprint density at radius 3 is 2.37 bits per heavy atom. The van der Waals surface area contributed by atoms with Gasteiger partial charge in [-0.3, -0.25) is 9.69 Å². The zero-order valence-corrected chi connectivity index (χ0v) is 17.3. The highest BCUT2D eigenvalue weighted by Crippen LogP contribution is 2.20. The number of carbonyl (C=O) groups is 1. The number of methoxy groups -OCH3 is 1. The van der Waals surface area contributed by atoms with E-state index in [0.29, 0.717) is 13.0 Å². The number of benzene rings is 1. The van der Waals surface area contributed by atoms with Crippen LogP contribution in [0.4, 0.5) is 5.69 Å². The van der Waals surface area contributed by atoms with Crippen molar-refractivity contribution >= 4 is 11.6 Å². The maximum absolute atomic E-state index is 11.8. The lowest BCUT2D eigenvalue weighted by Gasteiger charge is -2.36.